The van der Waals surface area contributed by atoms with Crippen molar-refractivity contribution >= 4 is 14.3 Å². The van der Waals surface area contributed by atoms with Crippen LogP contribution in [0.4, 0.5) is 0 Å². The van der Waals surface area contributed by atoms with Crippen molar-refractivity contribution in [2.75, 3.05) is 0 Å². The van der Waals surface area contributed by atoms with E-state index in [0.29, 0.717) is 5.76 Å². The maximum absolute atomic E-state index is 11.4. The Hall–Kier alpha value is -1.27. The van der Waals surface area contributed by atoms with E-state index in [1.807, 2.05) is 0 Å². The van der Waals surface area contributed by atoms with Gasteiger partial charge in [0.05, 0.1) is 18.4 Å². The van der Waals surface area contributed by atoms with Gasteiger partial charge in [-0.1, -0.05) is 20.8 Å². The molecule has 22 heavy (non-hydrogen) atoms. The summed E-state index contributed by atoms with van der Waals surface area (Å²) in [6.45, 7) is 14.0. The zero-order valence-corrected chi connectivity index (χ0v) is 15.6. The first-order valence-electron chi connectivity index (χ1n) is 7.47. The van der Waals surface area contributed by atoms with E-state index < -0.39 is 26.2 Å². The molecule has 0 spiro atoms. The van der Waals surface area contributed by atoms with Crippen LogP contribution in [-0.4, -0.2) is 31.3 Å². The molecule has 1 aliphatic rings. The minimum atomic E-state index is -1.88. The van der Waals surface area contributed by atoms with E-state index in [-0.39, 0.29) is 11.5 Å². The van der Waals surface area contributed by atoms with Crippen molar-refractivity contribution in [3.05, 3.63) is 24.2 Å². The molecule has 1 rings (SSSR count). The van der Waals surface area contributed by atoms with E-state index in [0.717, 1.165) is 0 Å². The molecule has 6 heteroatoms. The largest absolute Gasteiger partial charge is 0.549 e. The quantitative estimate of drug-likeness (QED) is 0.475. The molecule has 0 unspecified atom stereocenters. The van der Waals surface area contributed by atoms with Crippen LogP contribution in [-0.2, 0) is 18.7 Å². The zero-order chi connectivity index (χ0) is 17.2. The molecule has 0 aromatic rings. The zero-order valence-electron chi connectivity index (χ0n) is 14.6. The van der Waals surface area contributed by atoms with Crippen LogP contribution in [0, 0.1) is 0 Å². The molecule has 0 radical (unpaired) electrons. The van der Waals surface area contributed by atoms with E-state index in [1.54, 1.807) is 26.2 Å². The van der Waals surface area contributed by atoms with Crippen LogP contribution in [0.5, 0.6) is 0 Å². The summed E-state index contributed by atoms with van der Waals surface area (Å²) in [6.07, 6.45) is 3.83. The highest BCUT2D eigenvalue weighted by Gasteiger charge is 2.38. The van der Waals surface area contributed by atoms with Gasteiger partial charge in [-0.2, -0.15) is 0 Å². The molecule has 0 saturated heterocycles. The Bertz CT molecular complexity index is 471. The van der Waals surface area contributed by atoms with Crippen LogP contribution in [0.1, 0.15) is 41.0 Å². The fraction of sp³-hybridized carbons (Fsp3) is 0.688. The second-order valence-corrected chi connectivity index (χ2v) is 12.3. The second kappa shape index (κ2) is 6.46. The van der Waals surface area contributed by atoms with Gasteiger partial charge in [-0.15, -0.1) is 0 Å². The summed E-state index contributed by atoms with van der Waals surface area (Å²) >= 11 is 0. The van der Waals surface area contributed by atoms with Crippen molar-refractivity contribution in [2.24, 2.45) is 0 Å². The van der Waals surface area contributed by atoms with Crippen molar-refractivity contribution in [1.82, 2.24) is 0 Å². The van der Waals surface area contributed by atoms with E-state index in [9.17, 15) is 9.90 Å². The number of hydrogen-bond acceptors (Lipinski definition) is 5. The molecule has 5 nitrogen and oxygen atoms in total. The predicted molar refractivity (Wildman–Crippen MR) is 87.4 cm³/mol. The van der Waals surface area contributed by atoms with Crippen LogP contribution in [0.3, 0.4) is 0 Å². The molecule has 1 atom stereocenters. The molecule has 0 aliphatic carbocycles. The molecular formula is C16H28O5Si. The first-order valence-corrected chi connectivity index (χ1v) is 10.4. The summed E-state index contributed by atoms with van der Waals surface area (Å²) in [6, 6.07) is 0. The second-order valence-electron chi connectivity index (χ2n) is 7.51. The highest BCUT2D eigenvalue weighted by molar-refractivity contribution is 6.74. The lowest BCUT2D eigenvalue weighted by atomic mass is 10.2. The smallest absolute Gasteiger partial charge is 0.337 e. The van der Waals surface area contributed by atoms with Crippen LogP contribution in [0.15, 0.2) is 24.2 Å². The average molecular weight is 328 g/mol. The standard InChI is InChI=1S/C16H28O5Si/c1-15(2,3)22(6,7)19-9-8-12(17)10-13-11-14(18)21-16(4,5)20-13/h8-9,11-12,17H,10H2,1-7H3/b9-8-/t12-/m0/s1. The number of carbonyl (C=O) groups excluding carboxylic acids is 1. The van der Waals surface area contributed by atoms with E-state index in [2.05, 4.69) is 33.9 Å². The summed E-state index contributed by atoms with van der Waals surface area (Å²) in [5, 5.41) is 10.1. The lowest BCUT2D eigenvalue weighted by Gasteiger charge is -2.35. The number of aliphatic hydroxyl groups is 1. The first-order chi connectivity index (χ1) is 9.82. The summed E-state index contributed by atoms with van der Waals surface area (Å²) in [5.74, 6) is -1.05. The lowest BCUT2D eigenvalue weighted by molar-refractivity contribution is -0.206. The SMILES string of the molecule is CC1(C)OC(=O)C=C(C[C@@H](O)/C=C\O[Si](C)(C)C(C)(C)C)O1. The Morgan fingerprint density at radius 1 is 1.36 bits per heavy atom. The number of esters is 1. The Labute approximate surface area is 134 Å². The normalized spacial score (nSPS) is 20.2. The number of aliphatic hydroxyl groups excluding tert-OH is 1. The van der Waals surface area contributed by atoms with Gasteiger partial charge in [0.25, 0.3) is 0 Å². The Kier molecular flexibility index (Phi) is 5.51. The number of hydrogen-bond donors (Lipinski definition) is 1. The molecule has 0 amide bonds. The number of cyclic esters (lactones) is 1. The van der Waals surface area contributed by atoms with Gasteiger partial charge >= 0.3 is 5.97 Å². The van der Waals surface area contributed by atoms with Gasteiger partial charge < -0.3 is 19.0 Å². The van der Waals surface area contributed by atoms with Crippen molar-refractivity contribution in [2.45, 2.75) is 71.1 Å². The van der Waals surface area contributed by atoms with E-state index in [4.69, 9.17) is 13.9 Å². The van der Waals surface area contributed by atoms with Gasteiger partial charge in [-0.3, -0.25) is 0 Å². The number of ether oxygens (including phenoxy) is 2. The fourth-order valence-corrected chi connectivity index (χ4v) is 2.39. The van der Waals surface area contributed by atoms with E-state index in [1.165, 1.54) is 6.08 Å². The molecule has 0 bridgehead atoms. The molecular weight excluding hydrogens is 300 g/mol. The van der Waals surface area contributed by atoms with Crippen LogP contribution >= 0.6 is 0 Å². The van der Waals surface area contributed by atoms with Gasteiger partial charge in [-0.05, 0) is 24.2 Å². The number of rotatable bonds is 5. The predicted octanol–water partition coefficient (Wildman–Crippen LogP) is 3.47. The molecule has 1 aliphatic heterocycles. The third kappa shape index (κ3) is 5.49. The van der Waals surface area contributed by atoms with Crippen LogP contribution in [0.2, 0.25) is 18.1 Å². The minimum absolute atomic E-state index is 0.102. The van der Waals surface area contributed by atoms with Crippen molar-refractivity contribution in [3.8, 4) is 0 Å². The minimum Gasteiger partial charge on any atom is -0.549 e. The molecule has 0 aromatic carbocycles. The van der Waals surface area contributed by atoms with Crippen molar-refractivity contribution in [1.29, 1.82) is 0 Å². The third-order valence-electron chi connectivity index (χ3n) is 3.88. The van der Waals surface area contributed by atoms with Gasteiger partial charge in [0, 0.05) is 20.3 Å². The fourth-order valence-electron chi connectivity index (χ4n) is 1.62. The molecule has 1 N–H and O–H groups in total. The Morgan fingerprint density at radius 3 is 2.45 bits per heavy atom. The van der Waals surface area contributed by atoms with Crippen molar-refractivity contribution in [3.63, 3.8) is 0 Å². The summed E-state index contributed by atoms with van der Waals surface area (Å²) < 4.78 is 16.4. The number of carbonyl (C=O) groups is 1. The molecule has 1 heterocycles. The van der Waals surface area contributed by atoms with Gasteiger partial charge in [0.1, 0.15) is 5.76 Å². The average Bonchev–Trinajstić information content (AvgIpc) is 2.23. The summed E-state index contributed by atoms with van der Waals surface area (Å²) in [4.78, 5) is 11.4. The van der Waals surface area contributed by atoms with Gasteiger partial charge in [0.2, 0.25) is 14.1 Å². The van der Waals surface area contributed by atoms with Crippen molar-refractivity contribution < 1.29 is 23.8 Å². The maximum atomic E-state index is 11.4. The Morgan fingerprint density at radius 2 is 1.95 bits per heavy atom. The molecule has 0 fully saturated rings. The topological polar surface area (TPSA) is 65.0 Å². The molecule has 126 valence electrons. The summed E-state index contributed by atoms with van der Waals surface area (Å²) in [7, 11) is -1.88. The van der Waals surface area contributed by atoms with Gasteiger partial charge in [0.15, 0.2) is 0 Å². The van der Waals surface area contributed by atoms with E-state index >= 15 is 0 Å². The monoisotopic (exact) mass is 328 g/mol. The van der Waals surface area contributed by atoms with Crippen LogP contribution < -0.4 is 0 Å². The Balaban J connectivity index is 2.58. The first kappa shape index (κ1) is 18.8. The molecule has 0 aromatic heterocycles. The highest BCUT2D eigenvalue weighted by atomic mass is 28.4. The molecule has 0 saturated carbocycles. The lowest BCUT2D eigenvalue weighted by Crippen LogP contribution is -2.39. The van der Waals surface area contributed by atoms with Gasteiger partial charge in [-0.25, -0.2) is 4.79 Å². The maximum Gasteiger partial charge on any atom is 0.337 e. The third-order valence-corrected chi connectivity index (χ3v) is 8.22. The summed E-state index contributed by atoms with van der Waals surface area (Å²) in [5.41, 5.74) is 0. The van der Waals surface area contributed by atoms with Crippen LogP contribution in [0.25, 0.3) is 0 Å². The highest BCUT2D eigenvalue weighted by Crippen LogP contribution is 2.36.